The van der Waals surface area contributed by atoms with Crippen molar-refractivity contribution in [2.45, 2.75) is 5.25 Å². The highest BCUT2D eigenvalue weighted by Gasteiger charge is 2.16. The Bertz CT molecular complexity index is 563. The van der Waals surface area contributed by atoms with Gasteiger partial charge in [0.05, 0.1) is 5.56 Å². The average Bonchev–Trinajstić information content (AvgIpc) is 2.52. The van der Waals surface area contributed by atoms with E-state index in [4.69, 9.17) is 5.11 Å². The number of thioether (sulfide) groups is 2. The maximum Gasteiger partial charge on any atom is 0.251 e. The molecule has 0 aliphatic carbocycles. The molecule has 0 spiro atoms. The Hall–Kier alpha value is -1.16. The Balaban J connectivity index is 1.94. The summed E-state index contributed by atoms with van der Waals surface area (Å²) in [6.07, 6.45) is 0. The molecule has 112 valence electrons. The number of carbonyl (C=O) groups is 1. The van der Waals surface area contributed by atoms with E-state index in [-0.39, 0.29) is 23.6 Å². The highest BCUT2D eigenvalue weighted by atomic mass is 32.2. The number of aliphatic hydroxyl groups is 1. The lowest BCUT2D eigenvalue weighted by molar-refractivity contribution is 0.0954. The van der Waals surface area contributed by atoms with Gasteiger partial charge in [0.2, 0.25) is 0 Å². The molecule has 2 N–H and O–H groups in total. The van der Waals surface area contributed by atoms with Crippen LogP contribution in [0.1, 0.15) is 15.9 Å². The van der Waals surface area contributed by atoms with Crippen LogP contribution in [0, 0.1) is 17.7 Å². The molecule has 1 fully saturated rings. The van der Waals surface area contributed by atoms with Crippen molar-refractivity contribution in [1.29, 1.82) is 0 Å². The van der Waals surface area contributed by atoms with Gasteiger partial charge in [0.15, 0.2) is 0 Å². The van der Waals surface area contributed by atoms with Gasteiger partial charge in [0, 0.05) is 34.6 Å². The molecule has 1 aromatic carbocycles. The second-order valence-electron chi connectivity index (χ2n) is 4.43. The second-order valence-corrected chi connectivity index (χ2v) is 6.99. The van der Waals surface area contributed by atoms with Gasteiger partial charge in [-0.1, -0.05) is 11.8 Å². The number of halogens is 1. The van der Waals surface area contributed by atoms with E-state index < -0.39 is 5.82 Å². The van der Waals surface area contributed by atoms with Crippen LogP contribution in [0.4, 0.5) is 4.39 Å². The highest BCUT2D eigenvalue weighted by molar-refractivity contribution is 8.06. The van der Waals surface area contributed by atoms with E-state index in [1.54, 1.807) is 6.07 Å². The third-order valence-electron chi connectivity index (χ3n) is 2.91. The smallest absolute Gasteiger partial charge is 0.251 e. The van der Waals surface area contributed by atoms with Crippen molar-refractivity contribution in [3.05, 3.63) is 35.1 Å². The minimum atomic E-state index is -0.550. The molecule has 1 amide bonds. The van der Waals surface area contributed by atoms with E-state index in [0.29, 0.717) is 11.8 Å². The second kappa shape index (κ2) is 8.32. The molecule has 1 atom stereocenters. The summed E-state index contributed by atoms with van der Waals surface area (Å²) in [4.78, 5) is 12.0. The number of amides is 1. The van der Waals surface area contributed by atoms with Crippen LogP contribution in [0.15, 0.2) is 18.2 Å². The minimum Gasteiger partial charge on any atom is -0.384 e. The summed E-state index contributed by atoms with van der Waals surface area (Å²) < 4.78 is 13.8. The fourth-order valence-corrected chi connectivity index (χ4v) is 4.47. The zero-order chi connectivity index (χ0) is 15.1. The van der Waals surface area contributed by atoms with Gasteiger partial charge in [0.25, 0.3) is 5.91 Å². The quantitative estimate of drug-likeness (QED) is 0.832. The average molecular weight is 325 g/mol. The van der Waals surface area contributed by atoms with Crippen LogP contribution in [0.25, 0.3) is 0 Å². The van der Waals surface area contributed by atoms with Gasteiger partial charge < -0.3 is 10.4 Å². The lowest BCUT2D eigenvalue weighted by atomic mass is 10.1. The zero-order valence-electron chi connectivity index (χ0n) is 11.4. The van der Waals surface area contributed by atoms with E-state index in [2.05, 4.69) is 17.2 Å². The van der Waals surface area contributed by atoms with Crippen molar-refractivity contribution in [2.75, 3.05) is 30.4 Å². The summed E-state index contributed by atoms with van der Waals surface area (Å²) in [5, 5.41) is 11.9. The molecule has 0 aromatic heterocycles. The first kappa shape index (κ1) is 16.2. The van der Waals surface area contributed by atoms with Crippen molar-refractivity contribution in [3.8, 4) is 11.8 Å². The summed E-state index contributed by atoms with van der Waals surface area (Å²) in [5.74, 6) is 7.37. The van der Waals surface area contributed by atoms with Crippen LogP contribution in [-0.4, -0.2) is 46.7 Å². The SMILES string of the molecule is O=C(NCC1CSCCS1)c1ccc(C#CCO)c(F)c1. The first-order chi connectivity index (χ1) is 10.2. The summed E-state index contributed by atoms with van der Waals surface area (Å²) >= 11 is 3.76. The van der Waals surface area contributed by atoms with Crippen molar-refractivity contribution in [3.63, 3.8) is 0 Å². The van der Waals surface area contributed by atoms with Crippen molar-refractivity contribution in [2.24, 2.45) is 0 Å². The Morgan fingerprint density at radius 1 is 1.48 bits per heavy atom. The molecule has 1 saturated heterocycles. The number of hydrogen-bond donors (Lipinski definition) is 2. The zero-order valence-corrected chi connectivity index (χ0v) is 13.0. The maximum atomic E-state index is 13.8. The Morgan fingerprint density at radius 2 is 2.33 bits per heavy atom. The predicted molar refractivity (Wildman–Crippen MR) is 86.3 cm³/mol. The lowest BCUT2D eigenvalue weighted by Gasteiger charge is -2.21. The van der Waals surface area contributed by atoms with Crippen molar-refractivity contribution in [1.82, 2.24) is 5.32 Å². The molecule has 2 rings (SSSR count). The topological polar surface area (TPSA) is 49.3 Å². The van der Waals surface area contributed by atoms with Crippen LogP contribution in [0.2, 0.25) is 0 Å². The first-order valence-corrected chi connectivity index (χ1v) is 8.78. The Morgan fingerprint density at radius 3 is 3.00 bits per heavy atom. The van der Waals surface area contributed by atoms with Gasteiger partial charge in [-0.15, -0.1) is 0 Å². The van der Waals surface area contributed by atoms with Gasteiger partial charge in [-0.05, 0) is 18.2 Å². The van der Waals surface area contributed by atoms with Crippen LogP contribution >= 0.6 is 23.5 Å². The van der Waals surface area contributed by atoms with Crippen molar-refractivity contribution >= 4 is 29.4 Å². The first-order valence-electron chi connectivity index (χ1n) is 6.57. The molecule has 0 saturated carbocycles. The maximum absolute atomic E-state index is 13.8. The number of carbonyl (C=O) groups excluding carboxylic acids is 1. The molecule has 1 unspecified atom stereocenters. The van der Waals surface area contributed by atoms with E-state index in [1.165, 1.54) is 12.1 Å². The summed E-state index contributed by atoms with van der Waals surface area (Å²) in [6, 6.07) is 4.18. The molecule has 1 aliphatic heterocycles. The number of benzene rings is 1. The Labute approximate surface area is 132 Å². The molecule has 1 heterocycles. The predicted octanol–water partition coefficient (Wildman–Crippen LogP) is 1.75. The molecular weight excluding hydrogens is 309 g/mol. The molecule has 1 aliphatic rings. The number of nitrogens with one attached hydrogen (secondary N) is 1. The molecular formula is C15H16FNO2S2. The van der Waals surface area contributed by atoms with E-state index in [1.807, 2.05) is 23.5 Å². The highest BCUT2D eigenvalue weighted by Crippen LogP contribution is 2.23. The van der Waals surface area contributed by atoms with Gasteiger partial charge in [-0.25, -0.2) is 4.39 Å². The van der Waals surface area contributed by atoms with E-state index >= 15 is 0 Å². The van der Waals surface area contributed by atoms with Gasteiger partial charge in [0.1, 0.15) is 12.4 Å². The molecule has 21 heavy (non-hydrogen) atoms. The fraction of sp³-hybridized carbons (Fsp3) is 0.400. The third kappa shape index (κ3) is 4.95. The van der Waals surface area contributed by atoms with Crippen LogP contribution in [0.3, 0.4) is 0 Å². The molecule has 6 heteroatoms. The Kier molecular flexibility index (Phi) is 6.43. The molecule has 1 aromatic rings. The molecule has 3 nitrogen and oxygen atoms in total. The fourth-order valence-electron chi connectivity index (χ4n) is 1.86. The molecule has 0 radical (unpaired) electrons. The summed E-state index contributed by atoms with van der Waals surface area (Å²) in [7, 11) is 0. The number of aliphatic hydroxyl groups excluding tert-OH is 1. The summed E-state index contributed by atoms with van der Waals surface area (Å²) in [5.41, 5.74) is 0.468. The normalized spacial score (nSPS) is 17.7. The molecule has 0 bridgehead atoms. The standard InChI is InChI=1S/C15H16FNO2S2/c16-14-8-12(4-3-11(14)2-1-5-18)15(19)17-9-13-10-20-6-7-21-13/h3-4,8,13,18H,5-7,9-10H2,(H,17,19). The number of hydrogen-bond acceptors (Lipinski definition) is 4. The van der Waals surface area contributed by atoms with Gasteiger partial charge >= 0.3 is 0 Å². The lowest BCUT2D eigenvalue weighted by Crippen LogP contribution is -2.33. The largest absolute Gasteiger partial charge is 0.384 e. The van der Waals surface area contributed by atoms with Gasteiger partial charge in [-0.3, -0.25) is 4.79 Å². The van der Waals surface area contributed by atoms with Crippen LogP contribution < -0.4 is 5.32 Å². The van der Waals surface area contributed by atoms with Crippen molar-refractivity contribution < 1.29 is 14.3 Å². The number of rotatable bonds is 3. The monoisotopic (exact) mass is 325 g/mol. The van der Waals surface area contributed by atoms with Crippen LogP contribution in [-0.2, 0) is 0 Å². The minimum absolute atomic E-state index is 0.180. The summed E-state index contributed by atoms with van der Waals surface area (Å²) in [6.45, 7) is 0.281. The van der Waals surface area contributed by atoms with E-state index in [0.717, 1.165) is 17.3 Å². The van der Waals surface area contributed by atoms with Gasteiger partial charge in [-0.2, -0.15) is 23.5 Å². The van der Waals surface area contributed by atoms with Crippen LogP contribution in [0.5, 0.6) is 0 Å². The third-order valence-corrected chi connectivity index (χ3v) is 5.75. The van der Waals surface area contributed by atoms with E-state index in [9.17, 15) is 9.18 Å².